The molecule has 0 N–H and O–H groups in total. The number of imidazole rings is 1. The normalized spacial score (nSPS) is 17.5. The van der Waals surface area contributed by atoms with Crippen LogP contribution in [-0.4, -0.2) is 35.7 Å². The number of nitrogens with zero attached hydrogens (tertiary/aromatic N) is 2. The third-order valence-electron chi connectivity index (χ3n) is 2.19. The molecule has 0 aromatic carbocycles. The number of thioether (sulfide) groups is 3. The van der Waals surface area contributed by atoms with Crippen LogP contribution in [0.1, 0.15) is 12.8 Å². The second-order valence-electron chi connectivity index (χ2n) is 3.40. The maximum absolute atomic E-state index is 5.31. The van der Waals surface area contributed by atoms with Crippen LogP contribution in [0.3, 0.4) is 0 Å². The van der Waals surface area contributed by atoms with E-state index in [1.807, 2.05) is 10.8 Å². The Morgan fingerprint density at radius 2 is 2.31 bits per heavy atom. The van der Waals surface area contributed by atoms with Gasteiger partial charge in [-0.25, -0.2) is 4.98 Å². The summed E-state index contributed by atoms with van der Waals surface area (Å²) in [6.45, 7) is 0. The zero-order valence-corrected chi connectivity index (χ0v) is 12.1. The van der Waals surface area contributed by atoms with E-state index < -0.39 is 0 Å². The van der Waals surface area contributed by atoms with Gasteiger partial charge in [-0.1, -0.05) is 24.0 Å². The number of aromatic nitrogens is 2. The first-order valence-electron chi connectivity index (χ1n) is 5.24. The minimum atomic E-state index is 0.784. The average molecular weight is 291 g/mol. The van der Waals surface area contributed by atoms with Crippen molar-refractivity contribution in [1.82, 2.24) is 9.55 Å². The van der Waals surface area contributed by atoms with Gasteiger partial charge in [0.25, 0.3) is 0 Å². The summed E-state index contributed by atoms with van der Waals surface area (Å²) in [5, 5.41) is 0. The van der Waals surface area contributed by atoms with Gasteiger partial charge < -0.3 is 0 Å². The molecule has 0 saturated carbocycles. The van der Waals surface area contributed by atoms with E-state index in [0.29, 0.717) is 0 Å². The second kappa shape index (κ2) is 6.93. The first-order chi connectivity index (χ1) is 7.86. The Balaban J connectivity index is 1.66. The summed E-state index contributed by atoms with van der Waals surface area (Å²) in [7, 11) is 0. The van der Waals surface area contributed by atoms with Crippen LogP contribution in [0, 0.1) is 0 Å². The molecule has 0 atom stereocenters. The van der Waals surface area contributed by atoms with Crippen molar-refractivity contribution in [3.05, 3.63) is 18.7 Å². The second-order valence-corrected chi connectivity index (χ2v) is 8.05. The predicted octanol–water partition coefficient (Wildman–Crippen LogP) is 3.34. The standard InChI is InChI=1S/C10H14N2S4/c13-10(12-4-3-11-8-12)16-7-2-9-14-5-1-6-15-9/h3-4,8-9H,1-2,5-7H2. The number of hydrogen-bond acceptors (Lipinski definition) is 5. The lowest BCUT2D eigenvalue weighted by Crippen LogP contribution is -2.09. The Kier molecular flexibility index (Phi) is 5.55. The molecule has 1 aromatic rings. The molecule has 0 bridgehead atoms. The molecule has 16 heavy (non-hydrogen) atoms. The fourth-order valence-corrected chi connectivity index (χ4v) is 5.69. The van der Waals surface area contributed by atoms with Gasteiger partial charge >= 0.3 is 0 Å². The smallest absolute Gasteiger partial charge is 0.145 e. The number of hydrogen-bond donors (Lipinski definition) is 0. The van der Waals surface area contributed by atoms with Gasteiger partial charge in [-0.05, 0) is 24.3 Å². The molecule has 1 aromatic heterocycles. The van der Waals surface area contributed by atoms with Gasteiger partial charge in [0.2, 0.25) is 0 Å². The van der Waals surface area contributed by atoms with Crippen molar-refractivity contribution < 1.29 is 0 Å². The van der Waals surface area contributed by atoms with Crippen molar-refractivity contribution in [2.45, 2.75) is 17.4 Å². The van der Waals surface area contributed by atoms with E-state index in [2.05, 4.69) is 28.5 Å². The molecule has 0 unspecified atom stereocenters. The summed E-state index contributed by atoms with van der Waals surface area (Å²) in [5.41, 5.74) is 0. The Morgan fingerprint density at radius 3 is 3.00 bits per heavy atom. The Morgan fingerprint density at radius 1 is 1.50 bits per heavy atom. The molecular formula is C10H14N2S4. The molecule has 0 radical (unpaired) electrons. The molecule has 88 valence electrons. The van der Waals surface area contributed by atoms with Gasteiger partial charge in [-0.2, -0.15) is 0 Å². The first-order valence-corrected chi connectivity index (χ1v) is 8.74. The highest BCUT2D eigenvalue weighted by Gasteiger charge is 2.14. The molecule has 0 aliphatic carbocycles. The topological polar surface area (TPSA) is 17.8 Å². The summed E-state index contributed by atoms with van der Waals surface area (Å²) in [4.78, 5) is 4.00. The van der Waals surface area contributed by atoms with E-state index in [1.165, 1.54) is 24.3 Å². The molecule has 1 saturated heterocycles. The molecule has 1 aliphatic heterocycles. The first kappa shape index (κ1) is 12.8. The van der Waals surface area contributed by atoms with Crippen LogP contribution >= 0.6 is 47.5 Å². The lowest BCUT2D eigenvalue weighted by atomic mass is 10.5. The third-order valence-corrected chi connectivity index (χ3v) is 6.73. The van der Waals surface area contributed by atoms with Gasteiger partial charge in [0.05, 0.1) is 4.58 Å². The van der Waals surface area contributed by atoms with Gasteiger partial charge in [0.1, 0.15) is 10.6 Å². The van der Waals surface area contributed by atoms with Gasteiger partial charge in [-0.3, -0.25) is 4.57 Å². The van der Waals surface area contributed by atoms with Gasteiger partial charge in [0, 0.05) is 18.1 Å². The summed E-state index contributed by atoms with van der Waals surface area (Å²) >= 11 is 11.3. The Hall–Kier alpha value is 0.350. The van der Waals surface area contributed by atoms with E-state index >= 15 is 0 Å². The van der Waals surface area contributed by atoms with Crippen LogP contribution in [0.25, 0.3) is 0 Å². The largest absolute Gasteiger partial charge is 0.291 e. The van der Waals surface area contributed by atoms with E-state index in [0.717, 1.165) is 14.7 Å². The van der Waals surface area contributed by atoms with Gasteiger partial charge in [0.15, 0.2) is 0 Å². The minimum Gasteiger partial charge on any atom is -0.291 e. The van der Waals surface area contributed by atoms with Crippen molar-refractivity contribution in [2.24, 2.45) is 0 Å². The van der Waals surface area contributed by atoms with Crippen molar-refractivity contribution in [1.29, 1.82) is 0 Å². The molecular weight excluding hydrogens is 276 g/mol. The fraction of sp³-hybridized carbons (Fsp3) is 0.600. The van der Waals surface area contributed by atoms with Crippen molar-refractivity contribution in [3.63, 3.8) is 0 Å². The monoisotopic (exact) mass is 290 g/mol. The lowest BCUT2D eigenvalue weighted by Gasteiger charge is -2.20. The Bertz CT molecular complexity index is 320. The summed E-state index contributed by atoms with van der Waals surface area (Å²) in [6, 6.07) is 0. The maximum Gasteiger partial charge on any atom is 0.145 e. The van der Waals surface area contributed by atoms with Gasteiger partial charge in [-0.15, -0.1) is 23.5 Å². The summed E-state index contributed by atoms with van der Waals surface area (Å²) in [5.74, 6) is 3.77. The van der Waals surface area contributed by atoms with Crippen LogP contribution in [-0.2, 0) is 0 Å². The van der Waals surface area contributed by atoms with Crippen LogP contribution in [0.15, 0.2) is 18.7 Å². The highest BCUT2D eigenvalue weighted by atomic mass is 32.2. The van der Waals surface area contributed by atoms with Crippen molar-refractivity contribution in [3.8, 4) is 0 Å². The highest BCUT2D eigenvalue weighted by Crippen LogP contribution is 2.33. The molecule has 2 rings (SSSR count). The molecule has 6 heteroatoms. The molecule has 0 spiro atoms. The van der Waals surface area contributed by atoms with E-state index in [4.69, 9.17) is 12.2 Å². The summed E-state index contributed by atoms with van der Waals surface area (Å²) in [6.07, 6.45) is 8.04. The van der Waals surface area contributed by atoms with Crippen LogP contribution in [0.5, 0.6) is 0 Å². The van der Waals surface area contributed by atoms with Crippen molar-refractivity contribution in [2.75, 3.05) is 17.3 Å². The molecule has 2 heterocycles. The molecule has 0 amide bonds. The van der Waals surface area contributed by atoms with E-state index in [-0.39, 0.29) is 0 Å². The van der Waals surface area contributed by atoms with E-state index in [9.17, 15) is 0 Å². The number of thiocarbonyl (C=S) groups is 1. The van der Waals surface area contributed by atoms with E-state index in [1.54, 1.807) is 24.3 Å². The maximum atomic E-state index is 5.31. The predicted molar refractivity (Wildman–Crippen MR) is 80.6 cm³/mol. The lowest BCUT2D eigenvalue weighted by molar-refractivity contribution is 1.03. The van der Waals surface area contributed by atoms with Crippen molar-refractivity contribution >= 4 is 51.8 Å². The SMILES string of the molecule is S=C(SCCC1SCCCS1)n1ccnc1. The third kappa shape index (κ3) is 3.98. The Labute approximate surface area is 114 Å². The average Bonchev–Trinajstić information content (AvgIpc) is 2.84. The minimum absolute atomic E-state index is 0.784. The zero-order valence-electron chi connectivity index (χ0n) is 8.87. The molecule has 1 fully saturated rings. The van der Waals surface area contributed by atoms with Crippen LogP contribution in [0.2, 0.25) is 0 Å². The molecule has 2 nitrogen and oxygen atoms in total. The quantitative estimate of drug-likeness (QED) is 0.792. The highest BCUT2D eigenvalue weighted by molar-refractivity contribution is 8.23. The van der Waals surface area contributed by atoms with Crippen LogP contribution in [0.4, 0.5) is 0 Å². The zero-order chi connectivity index (χ0) is 11.2. The summed E-state index contributed by atoms with van der Waals surface area (Å²) < 4.78 is 3.59. The molecule has 1 aliphatic rings. The van der Waals surface area contributed by atoms with Crippen LogP contribution < -0.4 is 0 Å². The fourth-order valence-electron chi connectivity index (χ4n) is 1.39. The number of rotatable bonds is 3.